The highest BCUT2D eigenvalue weighted by atomic mass is 16.3. The number of fused-ring (bicyclic) bond motifs is 1. The molecule has 8 heteroatoms. The van der Waals surface area contributed by atoms with Gasteiger partial charge >= 0.3 is 0 Å². The Kier molecular flexibility index (Phi) is 4.27. The number of aliphatic hydroxyl groups is 1. The van der Waals surface area contributed by atoms with Crippen LogP contribution in [-0.2, 0) is 0 Å². The Bertz CT molecular complexity index is 1150. The molecule has 3 aromatic heterocycles. The first-order valence-electron chi connectivity index (χ1n) is 8.91. The minimum atomic E-state index is -0.650. The molecule has 3 heterocycles. The third kappa shape index (κ3) is 2.69. The van der Waals surface area contributed by atoms with Crippen LogP contribution in [0.1, 0.15) is 31.1 Å². The van der Waals surface area contributed by atoms with Crippen LogP contribution in [0.5, 0.6) is 0 Å². The van der Waals surface area contributed by atoms with Crippen LogP contribution in [0.3, 0.4) is 0 Å². The van der Waals surface area contributed by atoms with E-state index in [1.165, 1.54) is 6.92 Å². The van der Waals surface area contributed by atoms with Gasteiger partial charge in [0.1, 0.15) is 22.7 Å². The zero-order valence-electron chi connectivity index (χ0n) is 15.8. The van der Waals surface area contributed by atoms with Crippen LogP contribution in [0.4, 0.5) is 5.82 Å². The summed E-state index contributed by atoms with van der Waals surface area (Å²) in [6, 6.07) is 0. The van der Waals surface area contributed by atoms with Gasteiger partial charge in [-0.15, -0.1) is 0 Å². The van der Waals surface area contributed by atoms with Crippen molar-refractivity contribution in [1.82, 2.24) is 24.5 Å². The summed E-state index contributed by atoms with van der Waals surface area (Å²) in [5.41, 5.74) is 10.4. The van der Waals surface area contributed by atoms with Crippen LogP contribution in [0.25, 0.3) is 28.2 Å². The van der Waals surface area contributed by atoms with Crippen LogP contribution in [0, 0.1) is 5.92 Å². The normalized spacial score (nSPS) is 19.4. The summed E-state index contributed by atoms with van der Waals surface area (Å²) in [6.45, 7) is 5.30. The van der Waals surface area contributed by atoms with Gasteiger partial charge in [0.2, 0.25) is 0 Å². The number of anilines is 1. The number of carbonyl (C=O) groups excluding carboxylic acids is 1. The molecule has 0 saturated carbocycles. The smallest absolute Gasteiger partial charge is 0.165 e. The van der Waals surface area contributed by atoms with E-state index in [9.17, 15) is 9.90 Å². The molecule has 2 atom stereocenters. The first kappa shape index (κ1) is 18.0. The predicted octanol–water partition coefficient (Wildman–Crippen LogP) is 2.47. The lowest BCUT2D eigenvalue weighted by atomic mass is 9.91. The van der Waals surface area contributed by atoms with Crippen LogP contribution in [0.2, 0.25) is 0 Å². The summed E-state index contributed by atoms with van der Waals surface area (Å²) in [5.74, 6) is -0.156. The maximum absolute atomic E-state index is 12.4. The van der Waals surface area contributed by atoms with Crippen LogP contribution in [-0.4, -0.2) is 41.5 Å². The van der Waals surface area contributed by atoms with Crippen molar-refractivity contribution in [3.8, 4) is 11.4 Å². The molecule has 0 aliphatic heterocycles. The van der Waals surface area contributed by atoms with Crippen LogP contribution in [0.15, 0.2) is 42.5 Å². The molecule has 0 saturated heterocycles. The summed E-state index contributed by atoms with van der Waals surface area (Å²) < 4.78 is 1.73. The Morgan fingerprint density at radius 3 is 2.68 bits per heavy atom. The Labute approximate surface area is 161 Å². The van der Waals surface area contributed by atoms with Gasteiger partial charge in [-0.1, -0.05) is 19.1 Å². The lowest BCUT2D eigenvalue weighted by Crippen LogP contribution is -2.24. The second kappa shape index (κ2) is 6.65. The first-order chi connectivity index (χ1) is 13.4. The number of hydrogen-bond donors (Lipinski definition) is 2. The van der Waals surface area contributed by atoms with E-state index in [-0.39, 0.29) is 17.5 Å². The van der Waals surface area contributed by atoms with E-state index in [1.54, 1.807) is 35.4 Å². The van der Waals surface area contributed by atoms with Gasteiger partial charge in [-0.05, 0) is 19.4 Å². The molecule has 28 heavy (non-hydrogen) atoms. The molecule has 8 nitrogen and oxygen atoms in total. The third-order valence-corrected chi connectivity index (χ3v) is 5.01. The Morgan fingerprint density at radius 1 is 1.21 bits per heavy atom. The van der Waals surface area contributed by atoms with E-state index in [4.69, 9.17) is 5.73 Å². The topological polar surface area (TPSA) is 120 Å². The summed E-state index contributed by atoms with van der Waals surface area (Å²) in [4.78, 5) is 29.9. The lowest BCUT2D eigenvalue weighted by molar-refractivity contribution is 0.102. The number of aliphatic hydroxyl groups excluding tert-OH is 1. The summed E-state index contributed by atoms with van der Waals surface area (Å²) in [7, 11) is 0. The Balaban J connectivity index is 2.03. The molecule has 0 radical (unpaired) electrons. The highest BCUT2D eigenvalue weighted by molar-refractivity contribution is 6.11. The van der Waals surface area contributed by atoms with Crippen molar-refractivity contribution in [3.63, 3.8) is 0 Å². The minimum absolute atomic E-state index is 0.204. The summed E-state index contributed by atoms with van der Waals surface area (Å²) >= 11 is 0. The second-order valence-electron chi connectivity index (χ2n) is 6.88. The number of aromatic nitrogens is 5. The maximum atomic E-state index is 12.4. The number of hydrogen-bond acceptors (Lipinski definition) is 7. The molecule has 2 unspecified atom stereocenters. The van der Waals surface area contributed by atoms with Crippen molar-refractivity contribution in [3.05, 3.63) is 48.1 Å². The number of nitrogens with zero attached hydrogens (tertiary/aromatic N) is 5. The number of nitrogens with two attached hydrogens (primary N) is 1. The molecule has 0 aromatic carbocycles. The largest absolute Gasteiger partial charge is 0.388 e. The molecule has 3 aromatic rings. The number of allylic oxidation sites excluding steroid dienone is 2. The van der Waals surface area contributed by atoms with Gasteiger partial charge in [0.25, 0.3) is 0 Å². The monoisotopic (exact) mass is 376 g/mol. The van der Waals surface area contributed by atoms with Crippen molar-refractivity contribution >= 4 is 28.5 Å². The second-order valence-corrected chi connectivity index (χ2v) is 6.88. The molecule has 1 aliphatic carbocycles. The van der Waals surface area contributed by atoms with Gasteiger partial charge in [0, 0.05) is 24.0 Å². The van der Waals surface area contributed by atoms with Gasteiger partial charge in [-0.25, -0.2) is 9.97 Å². The zero-order valence-corrected chi connectivity index (χ0v) is 15.8. The van der Waals surface area contributed by atoms with E-state index in [1.807, 2.05) is 19.9 Å². The van der Waals surface area contributed by atoms with Crippen molar-refractivity contribution < 1.29 is 9.90 Å². The van der Waals surface area contributed by atoms with Gasteiger partial charge in [0.05, 0.1) is 24.1 Å². The molecule has 3 N–H and O–H groups in total. The molecule has 142 valence electrons. The molecule has 0 spiro atoms. The number of carbonyl (C=O) groups is 1. The fraction of sp³-hybridized carbons (Fsp3) is 0.250. The van der Waals surface area contributed by atoms with Crippen molar-refractivity contribution in [1.29, 1.82) is 0 Å². The quantitative estimate of drug-likeness (QED) is 0.674. The highest BCUT2D eigenvalue weighted by Crippen LogP contribution is 2.37. The molecular formula is C20H20N6O2. The van der Waals surface area contributed by atoms with E-state index in [0.29, 0.717) is 28.1 Å². The fourth-order valence-corrected chi connectivity index (χ4v) is 3.60. The third-order valence-electron chi connectivity index (χ3n) is 5.01. The minimum Gasteiger partial charge on any atom is -0.388 e. The molecular weight excluding hydrogens is 356 g/mol. The van der Waals surface area contributed by atoms with Crippen LogP contribution >= 0.6 is 0 Å². The molecule has 0 fully saturated rings. The Morgan fingerprint density at radius 2 is 2.00 bits per heavy atom. The Hall–Kier alpha value is -3.39. The standard InChI is InChI=1S/C20H20N6O2/c1-10-4-5-15(28)11(2)18(10)26-19(21)16(12(3)27)17-20(26)24-9-14(25-17)13-8-22-6-7-23-13/h4-9,11,15,28H,21H2,1-3H3. The first-order valence-corrected chi connectivity index (χ1v) is 8.91. The molecule has 0 bridgehead atoms. The maximum Gasteiger partial charge on any atom is 0.165 e. The van der Waals surface area contributed by atoms with Gasteiger partial charge < -0.3 is 10.8 Å². The van der Waals surface area contributed by atoms with Crippen molar-refractivity contribution in [2.75, 3.05) is 5.73 Å². The van der Waals surface area contributed by atoms with E-state index in [2.05, 4.69) is 19.9 Å². The van der Waals surface area contributed by atoms with Gasteiger partial charge in [-0.3, -0.25) is 19.3 Å². The number of rotatable bonds is 3. The van der Waals surface area contributed by atoms with Gasteiger partial charge in [0.15, 0.2) is 11.4 Å². The van der Waals surface area contributed by atoms with E-state index < -0.39 is 6.10 Å². The van der Waals surface area contributed by atoms with E-state index in [0.717, 1.165) is 11.3 Å². The average molecular weight is 376 g/mol. The van der Waals surface area contributed by atoms with Crippen molar-refractivity contribution in [2.24, 2.45) is 5.92 Å². The van der Waals surface area contributed by atoms with Crippen LogP contribution < -0.4 is 5.73 Å². The molecule has 0 amide bonds. The number of ketones is 1. The SMILES string of the molecule is CC(=O)c1c(N)n(C2=C(C)C=CC(O)C2C)c2ncc(-c3cnccn3)nc12. The summed E-state index contributed by atoms with van der Waals surface area (Å²) in [5, 5.41) is 10.3. The van der Waals surface area contributed by atoms with Gasteiger partial charge in [-0.2, -0.15) is 0 Å². The summed E-state index contributed by atoms with van der Waals surface area (Å²) in [6.07, 6.45) is 9.25. The molecule has 1 aliphatic rings. The molecule has 4 rings (SSSR count). The highest BCUT2D eigenvalue weighted by Gasteiger charge is 2.29. The number of Topliss-reactive ketones (excluding diaryl/α,β-unsaturated/α-hetero) is 1. The fourth-order valence-electron chi connectivity index (χ4n) is 3.60. The number of nitrogen functional groups attached to an aromatic ring is 1. The van der Waals surface area contributed by atoms with E-state index >= 15 is 0 Å². The zero-order chi connectivity index (χ0) is 20.0. The predicted molar refractivity (Wildman–Crippen MR) is 106 cm³/mol. The average Bonchev–Trinajstić information content (AvgIpc) is 2.97. The lowest BCUT2D eigenvalue weighted by Gasteiger charge is -2.27. The van der Waals surface area contributed by atoms with Crippen molar-refractivity contribution in [2.45, 2.75) is 26.9 Å².